The first-order valence-corrected chi connectivity index (χ1v) is 13.4. The van der Waals surface area contributed by atoms with Gasteiger partial charge in [0.05, 0.1) is 16.4 Å². The zero-order valence-corrected chi connectivity index (χ0v) is 23.0. The Hall–Kier alpha value is -1.94. The van der Waals surface area contributed by atoms with Gasteiger partial charge in [0.25, 0.3) is 0 Å². The molecule has 4 rings (SSSR count). The third kappa shape index (κ3) is 3.74. The van der Waals surface area contributed by atoms with Crippen LogP contribution >= 0.6 is 0 Å². The molecule has 35 heavy (non-hydrogen) atoms. The molecule has 4 aliphatic rings. The molecule has 0 heterocycles. The number of allylic oxidation sites excluding steroid dienone is 7. The molecule has 1 N–H and O–H groups in total. The largest absolute Gasteiger partial charge is 0.504 e. The predicted molar refractivity (Wildman–Crippen MR) is 140 cm³/mol. The molecular formula is C31H44O4. The Bertz CT molecular complexity index is 1050. The quantitative estimate of drug-likeness (QED) is 0.437. The van der Waals surface area contributed by atoms with Gasteiger partial charge in [-0.1, -0.05) is 63.1 Å². The molecule has 0 amide bonds. The molecule has 1 saturated carbocycles. The van der Waals surface area contributed by atoms with Crippen LogP contribution < -0.4 is 0 Å². The topological polar surface area (TPSA) is 63.6 Å². The lowest BCUT2D eigenvalue weighted by Crippen LogP contribution is -2.61. The molecule has 4 atom stereocenters. The van der Waals surface area contributed by atoms with E-state index >= 15 is 0 Å². The van der Waals surface area contributed by atoms with E-state index in [4.69, 9.17) is 4.74 Å². The standard InChI is InChI=1S/C31H44O4/c1-19(2)24-25(32)27(34)31-18-21-10-9-14-28(4,5)23(21)13-17-30(31,26(24)33)16-11-20(3)22(31)12-15-29(6,7)35-8/h10-12,15,19,22-23,32H,9,13-14,16-18H2,1-8H3/b15-12+/t22-,23+,30+,31+/m0/s1. The first-order chi connectivity index (χ1) is 16.2. The summed E-state index contributed by atoms with van der Waals surface area (Å²) in [6.07, 6.45) is 13.4. The molecule has 0 unspecified atom stereocenters. The fraction of sp³-hybridized carbons (Fsp3) is 0.677. The lowest BCUT2D eigenvalue weighted by Gasteiger charge is -2.56. The second-order valence-corrected chi connectivity index (χ2v) is 13.0. The molecule has 192 valence electrons. The summed E-state index contributed by atoms with van der Waals surface area (Å²) in [4.78, 5) is 29.0. The first-order valence-electron chi connectivity index (χ1n) is 13.4. The monoisotopic (exact) mass is 480 g/mol. The summed E-state index contributed by atoms with van der Waals surface area (Å²) in [5.41, 5.74) is 0.512. The molecule has 4 heteroatoms. The lowest BCUT2D eigenvalue weighted by molar-refractivity contribution is -0.155. The van der Waals surface area contributed by atoms with Crippen LogP contribution in [0.15, 0.2) is 46.8 Å². The second kappa shape index (κ2) is 8.57. The molecule has 1 fully saturated rings. The molecule has 0 radical (unpaired) electrons. The average molecular weight is 481 g/mol. The number of rotatable bonds is 4. The van der Waals surface area contributed by atoms with E-state index in [0.717, 1.165) is 24.8 Å². The van der Waals surface area contributed by atoms with Crippen molar-refractivity contribution in [3.05, 3.63) is 46.8 Å². The van der Waals surface area contributed by atoms with Crippen LogP contribution in [-0.4, -0.2) is 29.4 Å². The van der Waals surface area contributed by atoms with Crippen LogP contribution in [0, 0.1) is 34.0 Å². The number of methoxy groups -OCH3 is 1. The highest BCUT2D eigenvalue weighted by Gasteiger charge is 2.69. The molecular weight excluding hydrogens is 436 g/mol. The number of hydrogen-bond acceptors (Lipinski definition) is 4. The number of carbonyl (C=O) groups is 2. The van der Waals surface area contributed by atoms with Crippen molar-refractivity contribution in [2.75, 3.05) is 7.11 Å². The van der Waals surface area contributed by atoms with Crippen molar-refractivity contribution in [1.82, 2.24) is 0 Å². The van der Waals surface area contributed by atoms with Gasteiger partial charge in [0.15, 0.2) is 11.5 Å². The third-order valence-corrected chi connectivity index (χ3v) is 9.92. The molecule has 0 aromatic heterocycles. The van der Waals surface area contributed by atoms with Crippen molar-refractivity contribution < 1.29 is 19.4 Å². The van der Waals surface area contributed by atoms with Crippen LogP contribution in [0.4, 0.5) is 0 Å². The number of carbonyl (C=O) groups excluding carboxylic acids is 2. The summed E-state index contributed by atoms with van der Waals surface area (Å²) < 4.78 is 5.66. The van der Waals surface area contributed by atoms with Crippen LogP contribution in [0.1, 0.15) is 87.0 Å². The van der Waals surface area contributed by atoms with Gasteiger partial charge in [0, 0.05) is 18.6 Å². The zero-order chi connectivity index (χ0) is 26.0. The van der Waals surface area contributed by atoms with Crippen molar-refractivity contribution in [2.24, 2.45) is 34.0 Å². The molecule has 0 aromatic carbocycles. The molecule has 4 aliphatic carbocycles. The highest BCUT2D eigenvalue weighted by Crippen LogP contribution is 2.68. The fourth-order valence-electron chi connectivity index (χ4n) is 7.66. The minimum atomic E-state index is -1.01. The van der Waals surface area contributed by atoms with Gasteiger partial charge in [-0.2, -0.15) is 0 Å². The van der Waals surface area contributed by atoms with Crippen molar-refractivity contribution >= 4 is 11.6 Å². The molecule has 4 nitrogen and oxygen atoms in total. The maximum absolute atomic E-state index is 14.5. The molecule has 0 aromatic rings. The van der Waals surface area contributed by atoms with Crippen molar-refractivity contribution in [3.63, 3.8) is 0 Å². The van der Waals surface area contributed by atoms with Gasteiger partial charge in [0.1, 0.15) is 0 Å². The Labute approximate surface area is 211 Å². The van der Waals surface area contributed by atoms with E-state index in [0.29, 0.717) is 30.8 Å². The number of aliphatic hydroxyl groups excluding tert-OH is 1. The fourth-order valence-corrected chi connectivity index (χ4v) is 7.66. The zero-order valence-electron chi connectivity index (χ0n) is 23.0. The van der Waals surface area contributed by atoms with E-state index < -0.39 is 16.4 Å². The van der Waals surface area contributed by atoms with Gasteiger partial charge in [-0.15, -0.1) is 0 Å². The minimum Gasteiger partial charge on any atom is -0.504 e. The van der Waals surface area contributed by atoms with E-state index in [-0.39, 0.29) is 34.6 Å². The van der Waals surface area contributed by atoms with E-state index in [1.807, 2.05) is 33.8 Å². The average Bonchev–Trinajstić information content (AvgIpc) is 2.93. The van der Waals surface area contributed by atoms with E-state index in [1.54, 1.807) is 7.11 Å². The minimum absolute atomic E-state index is 0.00481. The van der Waals surface area contributed by atoms with Gasteiger partial charge in [-0.25, -0.2) is 0 Å². The Morgan fingerprint density at radius 3 is 2.46 bits per heavy atom. The maximum atomic E-state index is 14.5. The Balaban J connectivity index is 2.02. The Morgan fingerprint density at radius 2 is 1.83 bits per heavy atom. The van der Waals surface area contributed by atoms with Gasteiger partial charge < -0.3 is 9.84 Å². The summed E-state index contributed by atoms with van der Waals surface area (Å²) in [6, 6.07) is 0. The second-order valence-electron chi connectivity index (χ2n) is 13.0. The number of Topliss-reactive ketones (excluding diaryl/α,β-unsaturated/α-hetero) is 2. The highest BCUT2D eigenvalue weighted by molar-refractivity contribution is 6.17. The summed E-state index contributed by atoms with van der Waals surface area (Å²) >= 11 is 0. The Morgan fingerprint density at radius 1 is 1.14 bits per heavy atom. The smallest absolute Gasteiger partial charge is 0.205 e. The van der Waals surface area contributed by atoms with Crippen molar-refractivity contribution in [3.8, 4) is 0 Å². The molecule has 0 spiro atoms. The van der Waals surface area contributed by atoms with Crippen LogP contribution in [0.2, 0.25) is 0 Å². The summed E-state index contributed by atoms with van der Waals surface area (Å²) in [5.74, 6) is -0.665. The number of hydrogen-bond donors (Lipinski definition) is 1. The Kier molecular flexibility index (Phi) is 6.40. The van der Waals surface area contributed by atoms with E-state index in [2.05, 4.69) is 39.0 Å². The SMILES string of the molecule is COC(C)(C)/C=C/[C@H]1C(C)=CC[C@]23CC[C@@H]4C(=CCCC4(C)C)C[C@]12C(=O)C(O)=C(C(C)C)C3=O. The van der Waals surface area contributed by atoms with Crippen LogP contribution in [0.5, 0.6) is 0 Å². The van der Waals surface area contributed by atoms with Gasteiger partial charge in [0.2, 0.25) is 5.78 Å². The molecule has 0 bridgehead atoms. The third-order valence-electron chi connectivity index (χ3n) is 9.92. The number of fused-ring (bicyclic) bond motifs is 1. The van der Waals surface area contributed by atoms with Gasteiger partial charge >= 0.3 is 0 Å². The van der Waals surface area contributed by atoms with Crippen LogP contribution in [0.25, 0.3) is 0 Å². The van der Waals surface area contributed by atoms with Crippen LogP contribution in [0.3, 0.4) is 0 Å². The summed E-state index contributed by atoms with van der Waals surface area (Å²) in [5, 5.41) is 11.3. The maximum Gasteiger partial charge on any atom is 0.205 e. The number of ketones is 2. The van der Waals surface area contributed by atoms with Gasteiger partial charge in [-0.05, 0) is 76.5 Å². The van der Waals surface area contributed by atoms with Crippen LogP contribution in [-0.2, 0) is 14.3 Å². The van der Waals surface area contributed by atoms with Crippen molar-refractivity contribution in [2.45, 2.75) is 92.6 Å². The first kappa shape index (κ1) is 26.1. The van der Waals surface area contributed by atoms with E-state index in [9.17, 15) is 14.7 Å². The summed E-state index contributed by atoms with van der Waals surface area (Å²) in [7, 11) is 1.68. The highest BCUT2D eigenvalue weighted by atomic mass is 16.5. The lowest BCUT2D eigenvalue weighted by atomic mass is 9.43. The molecule has 0 saturated heterocycles. The molecule has 0 aliphatic heterocycles. The normalized spacial score (nSPS) is 35.3. The van der Waals surface area contributed by atoms with Gasteiger partial charge in [-0.3, -0.25) is 9.59 Å². The number of ether oxygens (including phenoxy) is 1. The van der Waals surface area contributed by atoms with E-state index in [1.165, 1.54) is 5.57 Å². The number of aliphatic hydroxyl groups is 1. The summed E-state index contributed by atoms with van der Waals surface area (Å²) in [6.45, 7) is 14.5. The predicted octanol–water partition coefficient (Wildman–Crippen LogP) is 7.07. The van der Waals surface area contributed by atoms with Crippen molar-refractivity contribution in [1.29, 1.82) is 0 Å².